The van der Waals surface area contributed by atoms with E-state index in [1.54, 1.807) is 14.2 Å². The number of halogens is 1. The van der Waals surface area contributed by atoms with Crippen molar-refractivity contribution in [1.29, 1.82) is 0 Å². The number of methoxy groups -OCH3 is 2. The molecule has 0 N–H and O–H groups in total. The summed E-state index contributed by atoms with van der Waals surface area (Å²) in [6, 6.07) is 14.0. The molecule has 1 aliphatic rings. The second kappa shape index (κ2) is 9.11. The minimum atomic E-state index is 0.720. The highest BCUT2D eigenvalue weighted by atomic mass is 35.5. The quantitative estimate of drug-likeness (QED) is 0.704. The van der Waals surface area contributed by atoms with Gasteiger partial charge in [-0.1, -0.05) is 23.7 Å². The number of rotatable bonds is 6. The average molecular weight is 388 g/mol. The first kappa shape index (κ1) is 19.5. The van der Waals surface area contributed by atoms with E-state index in [9.17, 15) is 0 Å². The van der Waals surface area contributed by atoms with Gasteiger partial charge in [-0.25, -0.2) is 0 Å². The first-order valence-electron chi connectivity index (χ1n) is 9.08. The topological polar surface area (TPSA) is 37.3 Å². The lowest BCUT2D eigenvalue weighted by Crippen LogP contribution is -2.43. The largest absolute Gasteiger partial charge is 0.493 e. The van der Waals surface area contributed by atoms with Crippen LogP contribution in [0.3, 0.4) is 0 Å². The van der Waals surface area contributed by atoms with E-state index >= 15 is 0 Å². The van der Waals surface area contributed by atoms with Crippen LogP contribution in [0.5, 0.6) is 11.5 Å². The van der Waals surface area contributed by atoms with Gasteiger partial charge in [0.25, 0.3) is 0 Å². The molecule has 27 heavy (non-hydrogen) atoms. The lowest BCUT2D eigenvalue weighted by molar-refractivity contribution is 0.130. The van der Waals surface area contributed by atoms with Crippen LogP contribution >= 0.6 is 11.6 Å². The molecule has 144 valence electrons. The molecule has 6 heteroatoms. The van der Waals surface area contributed by atoms with Crippen molar-refractivity contribution >= 4 is 17.3 Å². The van der Waals surface area contributed by atoms with Crippen LogP contribution in [0.25, 0.3) is 0 Å². The van der Waals surface area contributed by atoms with Crippen molar-refractivity contribution in [2.45, 2.75) is 13.5 Å². The smallest absolute Gasteiger partial charge is 0.161 e. The van der Waals surface area contributed by atoms with E-state index in [2.05, 4.69) is 22.0 Å². The number of hydrogen-bond donors (Lipinski definition) is 0. The zero-order valence-corrected chi connectivity index (χ0v) is 16.9. The molecular formula is C21H26ClN3O2. The van der Waals surface area contributed by atoms with Gasteiger partial charge in [0, 0.05) is 43.3 Å². The van der Waals surface area contributed by atoms with Gasteiger partial charge in [0.05, 0.1) is 19.9 Å². The summed E-state index contributed by atoms with van der Waals surface area (Å²) in [7, 11) is 3.29. The predicted molar refractivity (Wildman–Crippen MR) is 110 cm³/mol. The van der Waals surface area contributed by atoms with Crippen molar-refractivity contribution in [3.8, 4) is 11.5 Å². The molecule has 0 amide bonds. The van der Waals surface area contributed by atoms with Gasteiger partial charge in [0.1, 0.15) is 0 Å². The van der Waals surface area contributed by atoms with Gasteiger partial charge in [-0.15, -0.1) is 0 Å². The summed E-state index contributed by atoms with van der Waals surface area (Å²) in [5, 5.41) is 7.72. The first-order chi connectivity index (χ1) is 13.1. The van der Waals surface area contributed by atoms with Crippen molar-refractivity contribution in [1.82, 2.24) is 9.91 Å². The maximum absolute atomic E-state index is 5.96. The zero-order chi connectivity index (χ0) is 19.2. The maximum Gasteiger partial charge on any atom is 0.161 e. The van der Waals surface area contributed by atoms with Gasteiger partial charge in [0.15, 0.2) is 11.5 Å². The standard InChI is InChI=1S/C21H26ClN3O2/c1-16(18-6-9-20(26-2)21(14-18)27-3)23-25-12-10-24(11-13-25)15-17-4-7-19(22)8-5-17/h4-9,14H,10-13,15H2,1-3H3. The summed E-state index contributed by atoms with van der Waals surface area (Å²) in [5.74, 6) is 1.45. The van der Waals surface area contributed by atoms with Crippen LogP contribution in [0.4, 0.5) is 0 Å². The Kier molecular flexibility index (Phi) is 6.58. The fourth-order valence-electron chi connectivity index (χ4n) is 3.17. The van der Waals surface area contributed by atoms with Crippen molar-refractivity contribution in [3.63, 3.8) is 0 Å². The molecule has 2 aromatic carbocycles. The summed E-state index contributed by atoms with van der Waals surface area (Å²) in [6.45, 7) is 6.79. The third kappa shape index (κ3) is 5.15. The van der Waals surface area contributed by atoms with Crippen LogP contribution in [0.1, 0.15) is 18.1 Å². The molecule has 0 bridgehead atoms. The number of hydrogen-bond acceptors (Lipinski definition) is 5. The monoisotopic (exact) mass is 387 g/mol. The fraction of sp³-hybridized carbons (Fsp3) is 0.381. The van der Waals surface area contributed by atoms with Gasteiger partial charge in [-0.3, -0.25) is 9.91 Å². The second-order valence-electron chi connectivity index (χ2n) is 6.61. The van der Waals surface area contributed by atoms with E-state index in [4.69, 9.17) is 26.2 Å². The fourth-order valence-corrected chi connectivity index (χ4v) is 3.30. The van der Waals surface area contributed by atoms with Crippen LogP contribution in [0.2, 0.25) is 5.02 Å². The summed E-state index contributed by atoms with van der Waals surface area (Å²) in [6.07, 6.45) is 0. The molecule has 1 heterocycles. The van der Waals surface area contributed by atoms with Crippen LogP contribution in [0, 0.1) is 0 Å². The molecule has 1 saturated heterocycles. The molecule has 1 fully saturated rings. The SMILES string of the molecule is COc1ccc(C(C)=NN2CCN(Cc3ccc(Cl)cc3)CC2)cc1OC. The summed E-state index contributed by atoms with van der Waals surface area (Å²) < 4.78 is 10.7. The Balaban J connectivity index is 1.58. The Hall–Kier alpha value is -2.24. The minimum Gasteiger partial charge on any atom is -0.493 e. The van der Waals surface area contributed by atoms with Gasteiger partial charge in [-0.2, -0.15) is 5.10 Å². The maximum atomic E-state index is 5.96. The summed E-state index contributed by atoms with van der Waals surface area (Å²) in [4.78, 5) is 2.45. The first-order valence-corrected chi connectivity index (χ1v) is 9.46. The second-order valence-corrected chi connectivity index (χ2v) is 7.05. The Morgan fingerprint density at radius 3 is 2.26 bits per heavy atom. The molecule has 0 atom stereocenters. The van der Waals surface area contributed by atoms with E-state index in [0.29, 0.717) is 0 Å². The third-order valence-electron chi connectivity index (χ3n) is 4.76. The van der Waals surface area contributed by atoms with Gasteiger partial charge in [0.2, 0.25) is 0 Å². The number of hydrazone groups is 1. The van der Waals surface area contributed by atoms with Gasteiger partial charge < -0.3 is 9.47 Å². The van der Waals surface area contributed by atoms with Crippen molar-refractivity contribution in [2.24, 2.45) is 5.10 Å². The lowest BCUT2D eigenvalue weighted by atomic mass is 10.1. The Bertz CT molecular complexity index is 785. The van der Waals surface area contributed by atoms with Crippen LogP contribution in [-0.4, -0.2) is 56.0 Å². The van der Waals surface area contributed by atoms with E-state index < -0.39 is 0 Å². The number of nitrogens with zero attached hydrogens (tertiary/aromatic N) is 3. The lowest BCUT2D eigenvalue weighted by Gasteiger charge is -2.33. The van der Waals surface area contributed by atoms with Crippen LogP contribution in [0.15, 0.2) is 47.6 Å². The molecule has 2 aromatic rings. The zero-order valence-electron chi connectivity index (χ0n) is 16.1. The molecular weight excluding hydrogens is 362 g/mol. The van der Waals surface area contributed by atoms with Crippen LogP contribution in [-0.2, 0) is 6.54 Å². The number of benzene rings is 2. The summed E-state index contributed by atoms with van der Waals surface area (Å²) in [5.41, 5.74) is 3.30. The molecule has 3 rings (SSSR count). The molecule has 0 spiro atoms. The van der Waals surface area contributed by atoms with Gasteiger partial charge in [-0.05, 0) is 42.8 Å². The highest BCUT2D eigenvalue weighted by Crippen LogP contribution is 2.28. The van der Waals surface area contributed by atoms with Crippen molar-refractivity contribution in [3.05, 3.63) is 58.6 Å². The van der Waals surface area contributed by atoms with Gasteiger partial charge >= 0.3 is 0 Å². The van der Waals surface area contributed by atoms with E-state index in [-0.39, 0.29) is 0 Å². The molecule has 0 aliphatic carbocycles. The molecule has 0 aromatic heterocycles. The Labute approximate surface area is 166 Å². The normalized spacial score (nSPS) is 15.7. The van der Waals surface area contributed by atoms with Crippen LogP contribution < -0.4 is 9.47 Å². The molecule has 0 unspecified atom stereocenters. The van der Waals surface area contributed by atoms with E-state index in [1.165, 1.54) is 5.56 Å². The predicted octanol–water partition coefficient (Wildman–Crippen LogP) is 3.90. The molecule has 0 radical (unpaired) electrons. The van der Waals surface area contributed by atoms with E-state index in [1.807, 2.05) is 37.3 Å². The van der Waals surface area contributed by atoms with E-state index in [0.717, 1.165) is 60.5 Å². The Morgan fingerprint density at radius 2 is 1.63 bits per heavy atom. The molecule has 0 saturated carbocycles. The number of ether oxygens (including phenoxy) is 2. The average Bonchev–Trinajstić information content (AvgIpc) is 2.70. The van der Waals surface area contributed by atoms with Crippen molar-refractivity contribution < 1.29 is 9.47 Å². The van der Waals surface area contributed by atoms with Crippen molar-refractivity contribution in [2.75, 3.05) is 40.4 Å². The molecule has 1 aliphatic heterocycles. The minimum absolute atomic E-state index is 0.720. The highest BCUT2D eigenvalue weighted by molar-refractivity contribution is 6.30. The molecule has 5 nitrogen and oxygen atoms in total. The highest BCUT2D eigenvalue weighted by Gasteiger charge is 2.16. The number of piperazine rings is 1. The Morgan fingerprint density at radius 1 is 0.963 bits per heavy atom. The summed E-state index contributed by atoms with van der Waals surface area (Å²) >= 11 is 5.96. The third-order valence-corrected chi connectivity index (χ3v) is 5.01.